The molecule has 0 amide bonds. The van der Waals surface area contributed by atoms with Crippen LogP contribution in [0.25, 0.3) is 22.3 Å². The number of benzene rings is 3. The van der Waals surface area contributed by atoms with Crippen LogP contribution < -0.4 is 10.2 Å². The second-order valence-electron chi connectivity index (χ2n) is 7.10. The highest BCUT2D eigenvalue weighted by Crippen LogP contribution is 2.37. The van der Waals surface area contributed by atoms with Gasteiger partial charge in [0.05, 0.1) is 7.11 Å². The molecule has 3 N–H and O–H groups in total. The number of phenols is 3. The van der Waals surface area contributed by atoms with Crippen molar-refractivity contribution in [2.45, 2.75) is 13.3 Å². The number of aromatic hydroxyl groups is 3. The third kappa shape index (κ3) is 3.43. The number of phenolic OH excluding ortho intramolecular Hbond substituents is 3. The van der Waals surface area contributed by atoms with E-state index in [2.05, 4.69) is 0 Å². The highest BCUT2D eigenvalue weighted by Gasteiger charge is 2.17. The molecule has 6 heteroatoms. The summed E-state index contributed by atoms with van der Waals surface area (Å²) in [6.07, 6.45) is 0.459. The minimum absolute atomic E-state index is 0.0444. The molecule has 0 saturated heterocycles. The Morgan fingerprint density at radius 3 is 2.37 bits per heavy atom. The first-order valence-electron chi connectivity index (χ1n) is 9.32. The largest absolute Gasteiger partial charge is 0.507 e. The molecule has 0 radical (unpaired) electrons. The normalized spacial score (nSPS) is 11.0. The summed E-state index contributed by atoms with van der Waals surface area (Å²) in [5, 5.41) is 30.4. The van der Waals surface area contributed by atoms with Crippen LogP contribution >= 0.6 is 0 Å². The lowest BCUT2D eigenvalue weighted by molar-refractivity contribution is 0.403. The summed E-state index contributed by atoms with van der Waals surface area (Å²) in [4.78, 5) is 12.7. The number of hydrogen-bond donors (Lipinski definition) is 3. The first-order chi connectivity index (χ1) is 14.4. The second-order valence-corrected chi connectivity index (χ2v) is 7.10. The molecule has 0 saturated carbocycles. The molecule has 4 aromatic rings. The Labute approximate surface area is 172 Å². The summed E-state index contributed by atoms with van der Waals surface area (Å²) in [5.41, 5.74) is 2.98. The van der Waals surface area contributed by atoms with Crippen molar-refractivity contribution in [2.75, 3.05) is 7.11 Å². The Bertz CT molecular complexity index is 1320. The van der Waals surface area contributed by atoms with Crippen molar-refractivity contribution in [3.63, 3.8) is 0 Å². The summed E-state index contributed by atoms with van der Waals surface area (Å²) >= 11 is 0. The van der Waals surface area contributed by atoms with Crippen LogP contribution in [0.15, 0.2) is 63.8 Å². The molecular formula is C24H20O6. The summed E-state index contributed by atoms with van der Waals surface area (Å²) < 4.78 is 11.1. The molecule has 1 heterocycles. The molecule has 0 atom stereocenters. The lowest BCUT2D eigenvalue weighted by atomic mass is 9.95. The number of fused-ring (bicyclic) bond motifs is 1. The van der Waals surface area contributed by atoms with E-state index >= 15 is 0 Å². The first-order valence-corrected chi connectivity index (χ1v) is 9.32. The zero-order valence-electron chi connectivity index (χ0n) is 16.5. The molecule has 0 spiro atoms. The Morgan fingerprint density at radius 1 is 0.900 bits per heavy atom. The molecule has 0 aliphatic heterocycles. The molecule has 0 bridgehead atoms. The molecular weight excluding hydrogens is 384 g/mol. The molecule has 30 heavy (non-hydrogen) atoms. The Morgan fingerprint density at radius 2 is 1.63 bits per heavy atom. The van der Waals surface area contributed by atoms with Gasteiger partial charge < -0.3 is 24.5 Å². The van der Waals surface area contributed by atoms with Gasteiger partial charge in [-0.2, -0.15) is 0 Å². The van der Waals surface area contributed by atoms with Crippen molar-refractivity contribution in [2.24, 2.45) is 0 Å². The van der Waals surface area contributed by atoms with Gasteiger partial charge in [0.1, 0.15) is 28.2 Å². The van der Waals surface area contributed by atoms with E-state index in [9.17, 15) is 20.1 Å². The van der Waals surface area contributed by atoms with Gasteiger partial charge in [0.2, 0.25) is 0 Å². The average Bonchev–Trinajstić information content (AvgIpc) is 2.71. The first kappa shape index (κ1) is 19.4. The standard InChI is InChI=1S/C24H20O6/c1-13-5-3-4-6-14(13)7-15-8-18(25)19(26)11-17(15)22-12-21(28)24-20(27)9-16(29-2)10-23(24)30-22/h3-6,8-12,25-27H,7H2,1-2H3. The maximum atomic E-state index is 12.7. The van der Waals surface area contributed by atoms with Gasteiger partial charge in [-0.05, 0) is 42.2 Å². The van der Waals surface area contributed by atoms with E-state index in [0.717, 1.165) is 11.1 Å². The summed E-state index contributed by atoms with van der Waals surface area (Å²) in [6.45, 7) is 1.99. The topological polar surface area (TPSA) is 100 Å². The molecule has 0 fully saturated rings. The van der Waals surface area contributed by atoms with Gasteiger partial charge in [0, 0.05) is 23.8 Å². The Balaban J connectivity index is 1.93. The smallest absolute Gasteiger partial charge is 0.197 e. The number of aryl methyl sites for hydroxylation is 1. The van der Waals surface area contributed by atoms with Crippen molar-refractivity contribution >= 4 is 11.0 Å². The minimum atomic E-state index is -0.430. The number of rotatable bonds is 4. The van der Waals surface area contributed by atoms with Gasteiger partial charge in [-0.1, -0.05) is 24.3 Å². The van der Waals surface area contributed by atoms with Gasteiger partial charge in [0.15, 0.2) is 16.9 Å². The molecule has 0 aliphatic carbocycles. The van der Waals surface area contributed by atoms with E-state index in [0.29, 0.717) is 23.3 Å². The van der Waals surface area contributed by atoms with Crippen LogP contribution in [0, 0.1) is 6.92 Å². The second kappa shape index (κ2) is 7.48. The maximum Gasteiger partial charge on any atom is 0.197 e. The van der Waals surface area contributed by atoms with E-state index in [-0.39, 0.29) is 34.0 Å². The molecule has 1 aromatic heterocycles. The third-order valence-electron chi connectivity index (χ3n) is 5.13. The molecule has 6 nitrogen and oxygen atoms in total. The minimum Gasteiger partial charge on any atom is -0.507 e. The predicted octanol–water partition coefficient (Wildman–Crippen LogP) is 4.48. The van der Waals surface area contributed by atoms with E-state index < -0.39 is 5.43 Å². The zero-order valence-corrected chi connectivity index (χ0v) is 16.5. The lowest BCUT2D eigenvalue weighted by Gasteiger charge is -2.13. The van der Waals surface area contributed by atoms with Crippen molar-refractivity contribution in [3.05, 3.63) is 81.5 Å². The number of ether oxygens (including phenoxy) is 1. The van der Waals surface area contributed by atoms with Gasteiger partial charge in [0.25, 0.3) is 0 Å². The predicted molar refractivity (Wildman–Crippen MR) is 113 cm³/mol. The summed E-state index contributed by atoms with van der Waals surface area (Å²) in [6, 6.07) is 14.8. The van der Waals surface area contributed by atoms with Crippen LogP contribution in [0.1, 0.15) is 16.7 Å². The monoisotopic (exact) mass is 404 g/mol. The average molecular weight is 404 g/mol. The molecule has 0 unspecified atom stereocenters. The van der Waals surface area contributed by atoms with E-state index in [1.807, 2.05) is 31.2 Å². The Hall–Kier alpha value is -3.93. The van der Waals surface area contributed by atoms with Crippen molar-refractivity contribution in [1.29, 1.82) is 0 Å². The van der Waals surface area contributed by atoms with E-state index in [4.69, 9.17) is 9.15 Å². The van der Waals surface area contributed by atoms with E-state index in [1.165, 1.54) is 37.4 Å². The maximum absolute atomic E-state index is 12.7. The van der Waals surface area contributed by atoms with Crippen LogP contribution in [-0.4, -0.2) is 22.4 Å². The van der Waals surface area contributed by atoms with Crippen LogP contribution in [0.2, 0.25) is 0 Å². The fourth-order valence-corrected chi connectivity index (χ4v) is 3.50. The quantitative estimate of drug-likeness (QED) is 0.434. The van der Waals surface area contributed by atoms with Crippen LogP contribution in [0.3, 0.4) is 0 Å². The molecule has 0 aliphatic rings. The Kier molecular flexibility index (Phi) is 4.83. The highest BCUT2D eigenvalue weighted by atomic mass is 16.5. The number of methoxy groups -OCH3 is 1. The molecule has 3 aromatic carbocycles. The van der Waals surface area contributed by atoms with Gasteiger partial charge in [-0.25, -0.2) is 0 Å². The van der Waals surface area contributed by atoms with Crippen LogP contribution in [-0.2, 0) is 6.42 Å². The summed E-state index contributed by atoms with van der Waals surface area (Å²) in [5.74, 6) is -0.272. The van der Waals surface area contributed by atoms with E-state index in [1.54, 1.807) is 0 Å². The number of hydrogen-bond acceptors (Lipinski definition) is 6. The van der Waals surface area contributed by atoms with Crippen LogP contribution in [0.4, 0.5) is 0 Å². The van der Waals surface area contributed by atoms with Crippen LogP contribution in [0.5, 0.6) is 23.0 Å². The van der Waals surface area contributed by atoms with Crippen molar-refractivity contribution in [1.82, 2.24) is 0 Å². The summed E-state index contributed by atoms with van der Waals surface area (Å²) in [7, 11) is 1.45. The molecule has 4 rings (SSSR count). The van der Waals surface area contributed by atoms with Crippen molar-refractivity contribution < 1.29 is 24.5 Å². The lowest BCUT2D eigenvalue weighted by Crippen LogP contribution is -2.03. The fraction of sp³-hybridized carbons (Fsp3) is 0.125. The fourth-order valence-electron chi connectivity index (χ4n) is 3.50. The SMILES string of the molecule is COc1cc(O)c2c(=O)cc(-c3cc(O)c(O)cc3Cc3ccccc3C)oc2c1. The highest BCUT2D eigenvalue weighted by molar-refractivity contribution is 5.86. The molecule has 152 valence electrons. The third-order valence-corrected chi connectivity index (χ3v) is 5.13. The zero-order chi connectivity index (χ0) is 21.4. The van der Waals surface area contributed by atoms with Gasteiger partial charge in [-0.15, -0.1) is 0 Å². The van der Waals surface area contributed by atoms with Crippen molar-refractivity contribution in [3.8, 4) is 34.3 Å². The van der Waals surface area contributed by atoms with Gasteiger partial charge >= 0.3 is 0 Å². The van der Waals surface area contributed by atoms with Gasteiger partial charge in [-0.3, -0.25) is 4.79 Å².